The maximum Gasteiger partial charge on any atom is 0.261 e. The zero-order chi connectivity index (χ0) is 11.7. The molecule has 0 aromatic heterocycles. The van der Waals surface area contributed by atoms with Crippen LogP contribution in [0.25, 0.3) is 0 Å². The molecule has 0 aliphatic carbocycles. The third kappa shape index (κ3) is 1.65. The summed E-state index contributed by atoms with van der Waals surface area (Å²) >= 11 is 0. The number of fused-ring (bicyclic) bond motifs is 1. The number of nitrogens with zero attached hydrogens (tertiary/aromatic N) is 1. The zero-order valence-corrected chi connectivity index (χ0v) is 9.19. The normalized spacial score (nSPS) is 14.2. The number of carbonyl (C=O) groups is 2. The first kappa shape index (κ1) is 10.6. The van der Waals surface area contributed by atoms with Crippen molar-refractivity contribution in [1.82, 2.24) is 4.90 Å². The van der Waals surface area contributed by atoms with Gasteiger partial charge < -0.3 is 0 Å². The van der Waals surface area contributed by atoms with Crippen LogP contribution in [0.3, 0.4) is 0 Å². The van der Waals surface area contributed by atoms with Gasteiger partial charge in [0.2, 0.25) is 0 Å². The van der Waals surface area contributed by atoms with E-state index in [2.05, 4.69) is 6.58 Å². The Labute approximate surface area is 94.4 Å². The van der Waals surface area contributed by atoms with Gasteiger partial charge in [0.05, 0.1) is 11.1 Å². The summed E-state index contributed by atoms with van der Waals surface area (Å²) in [7, 11) is 0. The Morgan fingerprint density at radius 3 is 2.12 bits per heavy atom. The average molecular weight is 215 g/mol. The van der Waals surface area contributed by atoms with Crippen LogP contribution in [0.2, 0.25) is 0 Å². The van der Waals surface area contributed by atoms with E-state index in [9.17, 15) is 9.59 Å². The fourth-order valence-corrected chi connectivity index (χ4v) is 1.74. The van der Waals surface area contributed by atoms with E-state index in [0.29, 0.717) is 24.1 Å². The predicted octanol–water partition coefficient (Wildman–Crippen LogP) is 2.25. The van der Waals surface area contributed by atoms with E-state index in [0.717, 1.165) is 5.57 Å². The number of rotatable bonds is 3. The molecule has 1 aliphatic rings. The number of hydrogen-bond acceptors (Lipinski definition) is 2. The van der Waals surface area contributed by atoms with Crippen LogP contribution >= 0.6 is 0 Å². The van der Waals surface area contributed by atoms with E-state index in [1.165, 1.54) is 4.90 Å². The van der Waals surface area contributed by atoms with Gasteiger partial charge in [-0.15, -0.1) is 6.58 Å². The lowest BCUT2D eigenvalue weighted by Gasteiger charge is -2.13. The summed E-state index contributed by atoms with van der Waals surface area (Å²) in [5.41, 5.74) is 1.99. The lowest BCUT2D eigenvalue weighted by atomic mass is 10.1. The molecule has 0 bridgehead atoms. The van der Waals surface area contributed by atoms with Crippen molar-refractivity contribution < 1.29 is 9.59 Å². The van der Waals surface area contributed by atoms with Crippen molar-refractivity contribution in [2.75, 3.05) is 6.54 Å². The van der Waals surface area contributed by atoms with E-state index in [4.69, 9.17) is 0 Å². The molecule has 82 valence electrons. The molecule has 1 aromatic rings. The fourth-order valence-electron chi connectivity index (χ4n) is 1.74. The molecule has 3 nitrogen and oxygen atoms in total. The van der Waals surface area contributed by atoms with Crippen molar-refractivity contribution in [2.24, 2.45) is 0 Å². The van der Waals surface area contributed by atoms with Gasteiger partial charge in [0.25, 0.3) is 11.8 Å². The Bertz CT molecular complexity index is 442. The molecule has 0 N–H and O–H groups in total. The highest BCUT2D eigenvalue weighted by atomic mass is 16.2. The van der Waals surface area contributed by atoms with Gasteiger partial charge in [-0.05, 0) is 25.5 Å². The minimum Gasteiger partial charge on any atom is -0.274 e. The molecule has 2 amide bonds. The number of carbonyl (C=O) groups excluding carboxylic acids is 2. The van der Waals surface area contributed by atoms with Crippen molar-refractivity contribution in [2.45, 2.75) is 13.3 Å². The van der Waals surface area contributed by atoms with E-state index in [1.54, 1.807) is 24.3 Å². The molecule has 1 aliphatic heterocycles. The molecule has 16 heavy (non-hydrogen) atoms. The Morgan fingerprint density at radius 2 is 1.69 bits per heavy atom. The molecular formula is C13H13NO2. The molecule has 0 atom stereocenters. The Morgan fingerprint density at radius 1 is 1.19 bits per heavy atom. The van der Waals surface area contributed by atoms with Gasteiger partial charge in [-0.3, -0.25) is 14.5 Å². The third-order valence-electron chi connectivity index (χ3n) is 2.64. The molecule has 1 heterocycles. The number of benzene rings is 1. The van der Waals surface area contributed by atoms with Crippen molar-refractivity contribution in [3.8, 4) is 0 Å². The van der Waals surface area contributed by atoms with Gasteiger partial charge in [0, 0.05) is 6.54 Å². The maximum atomic E-state index is 11.9. The molecule has 1 aromatic carbocycles. The molecule has 0 fully saturated rings. The monoisotopic (exact) mass is 215 g/mol. The third-order valence-corrected chi connectivity index (χ3v) is 2.64. The first-order valence-electron chi connectivity index (χ1n) is 5.21. The molecule has 0 saturated carbocycles. The summed E-state index contributed by atoms with van der Waals surface area (Å²) in [6, 6.07) is 6.92. The van der Waals surface area contributed by atoms with Crippen molar-refractivity contribution in [3.05, 3.63) is 47.5 Å². The Balaban J connectivity index is 2.25. The van der Waals surface area contributed by atoms with E-state index < -0.39 is 0 Å². The summed E-state index contributed by atoms with van der Waals surface area (Å²) in [4.78, 5) is 25.1. The predicted molar refractivity (Wildman–Crippen MR) is 61.2 cm³/mol. The van der Waals surface area contributed by atoms with Gasteiger partial charge in [-0.1, -0.05) is 17.7 Å². The van der Waals surface area contributed by atoms with Gasteiger partial charge >= 0.3 is 0 Å². The van der Waals surface area contributed by atoms with Gasteiger partial charge in [-0.25, -0.2) is 0 Å². The van der Waals surface area contributed by atoms with Crippen molar-refractivity contribution >= 4 is 11.8 Å². The lowest BCUT2D eigenvalue weighted by molar-refractivity contribution is 0.0656. The minimum atomic E-state index is -0.193. The maximum absolute atomic E-state index is 11.9. The second kappa shape index (κ2) is 3.93. The highest BCUT2D eigenvalue weighted by Gasteiger charge is 2.34. The van der Waals surface area contributed by atoms with Crippen LogP contribution in [0.5, 0.6) is 0 Å². The fraction of sp³-hybridized carbons (Fsp3) is 0.231. The highest BCUT2D eigenvalue weighted by Crippen LogP contribution is 2.22. The second-order valence-electron chi connectivity index (χ2n) is 4.01. The van der Waals surface area contributed by atoms with Crippen molar-refractivity contribution in [3.63, 3.8) is 0 Å². The van der Waals surface area contributed by atoms with Gasteiger partial charge in [0.15, 0.2) is 0 Å². The lowest BCUT2D eigenvalue weighted by Crippen LogP contribution is -2.30. The van der Waals surface area contributed by atoms with Crippen LogP contribution in [0.4, 0.5) is 0 Å². The zero-order valence-electron chi connectivity index (χ0n) is 9.19. The topological polar surface area (TPSA) is 37.4 Å². The SMILES string of the molecule is C=C(C)CCN1C(=O)c2ccccc2C1=O. The summed E-state index contributed by atoms with van der Waals surface area (Å²) in [5.74, 6) is -0.385. The number of imide groups is 1. The molecule has 0 spiro atoms. The molecule has 0 radical (unpaired) electrons. The molecule has 0 unspecified atom stereocenters. The summed E-state index contributed by atoms with van der Waals surface area (Å²) in [6.45, 7) is 6.07. The highest BCUT2D eigenvalue weighted by molar-refractivity contribution is 6.21. The molecule has 3 heteroatoms. The summed E-state index contributed by atoms with van der Waals surface area (Å²) in [6.07, 6.45) is 0.658. The molecular weight excluding hydrogens is 202 g/mol. The van der Waals surface area contributed by atoms with E-state index in [1.807, 2.05) is 6.92 Å². The van der Waals surface area contributed by atoms with Gasteiger partial charge in [-0.2, -0.15) is 0 Å². The second-order valence-corrected chi connectivity index (χ2v) is 4.01. The minimum absolute atomic E-state index is 0.193. The van der Waals surface area contributed by atoms with Crippen LogP contribution in [0.1, 0.15) is 34.1 Å². The molecule has 0 saturated heterocycles. The first-order chi connectivity index (χ1) is 7.61. The summed E-state index contributed by atoms with van der Waals surface area (Å²) in [5, 5.41) is 0. The summed E-state index contributed by atoms with van der Waals surface area (Å²) < 4.78 is 0. The van der Waals surface area contributed by atoms with E-state index >= 15 is 0 Å². The quantitative estimate of drug-likeness (QED) is 0.573. The number of amides is 2. The molecule has 2 rings (SSSR count). The largest absolute Gasteiger partial charge is 0.274 e. The van der Waals surface area contributed by atoms with Crippen LogP contribution in [0.15, 0.2) is 36.4 Å². The first-order valence-corrected chi connectivity index (χ1v) is 5.21. The van der Waals surface area contributed by atoms with Crippen LogP contribution in [0, 0.1) is 0 Å². The Hall–Kier alpha value is -1.90. The average Bonchev–Trinajstić information content (AvgIpc) is 2.50. The standard InChI is InChI=1S/C13H13NO2/c1-9(2)7-8-14-12(15)10-5-3-4-6-11(10)13(14)16/h3-6H,1,7-8H2,2H3. The van der Waals surface area contributed by atoms with Crippen LogP contribution < -0.4 is 0 Å². The van der Waals surface area contributed by atoms with Gasteiger partial charge in [0.1, 0.15) is 0 Å². The van der Waals surface area contributed by atoms with Crippen LogP contribution in [-0.4, -0.2) is 23.3 Å². The van der Waals surface area contributed by atoms with E-state index in [-0.39, 0.29) is 11.8 Å². The smallest absolute Gasteiger partial charge is 0.261 e. The Kier molecular flexibility index (Phi) is 2.60. The number of hydrogen-bond donors (Lipinski definition) is 0. The van der Waals surface area contributed by atoms with Crippen LogP contribution in [-0.2, 0) is 0 Å². The van der Waals surface area contributed by atoms with Crippen molar-refractivity contribution in [1.29, 1.82) is 0 Å².